The Labute approximate surface area is 77.8 Å². The van der Waals surface area contributed by atoms with Crippen LogP contribution in [0.3, 0.4) is 0 Å². The summed E-state index contributed by atoms with van der Waals surface area (Å²) in [5.41, 5.74) is 0.380. The third-order valence-electron chi connectivity index (χ3n) is 1.61. The molecule has 0 saturated heterocycles. The second kappa shape index (κ2) is 2.74. The van der Waals surface area contributed by atoms with E-state index in [4.69, 9.17) is 21.1 Å². The molecule has 2 aromatic heterocycles. The standard InChI is InChI=1S/C8H4ClNO3/c9-5-2-10-3-7-4(5)1-6(13-7)8(11)12/h1-3H,(H,11,12). The lowest BCUT2D eigenvalue weighted by atomic mass is 10.3. The lowest BCUT2D eigenvalue weighted by Gasteiger charge is -1.87. The van der Waals surface area contributed by atoms with E-state index in [-0.39, 0.29) is 5.76 Å². The van der Waals surface area contributed by atoms with Crippen molar-refractivity contribution in [3.8, 4) is 0 Å². The van der Waals surface area contributed by atoms with Gasteiger partial charge in [0.1, 0.15) is 0 Å². The fourth-order valence-corrected chi connectivity index (χ4v) is 1.24. The Hall–Kier alpha value is -1.55. The van der Waals surface area contributed by atoms with Gasteiger partial charge in [0.05, 0.1) is 11.2 Å². The van der Waals surface area contributed by atoms with Crippen LogP contribution in [0.25, 0.3) is 11.0 Å². The average Bonchev–Trinajstić information content (AvgIpc) is 2.49. The topological polar surface area (TPSA) is 63.3 Å². The number of aromatic carboxylic acids is 1. The maximum atomic E-state index is 10.5. The summed E-state index contributed by atoms with van der Waals surface area (Å²) < 4.78 is 4.96. The molecule has 2 aromatic rings. The van der Waals surface area contributed by atoms with Crippen LogP contribution in [0.1, 0.15) is 10.6 Å². The van der Waals surface area contributed by atoms with Crippen LogP contribution in [0.4, 0.5) is 0 Å². The molecule has 4 nitrogen and oxygen atoms in total. The van der Waals surface area contributed by atoms with Gasteiger partial charge in [0.25, 0.3) is 0 Å². The first-order chi connectivity index (χ1) is 6.18. The van der Waals surface area contributed by atoms with Crippen molar-refractivity contribution in [2.45, 2.75) is 0 Å². The summed E-state index contributed by atoms with van der Waals surface area (Å²) in [5.74, 6) is -1.25. The van der Waals surface area contributed by atoms with Gasteiger partial charge in [-0.25, -0.2) is 4.79 Å². The minimum absolute atomic E-state index is 0.134. The number of hydrogen-bond acceptors (Lipinski definition) is 3. The minimum Gasteiger partial charge on any atom is -0.475 e. The van der Waals surface area contributed by atoms with Crippen LogP contribution in [0.2, 0.25) is 5.02 Å². The van der Waals surface area contributed by atoms with Gasteiger partial charge in [0.15, 0.2) is 5.58 Å². The zero-order valence-electron chi connectivity index (χ0n) is 6.32. The van der Waals surface area contributed by atoms with E-state index in [2.05, 4.69) is 4.98 Å². The molecular formula is C8H4ClNO3. The molecule has 5 heteroatoms. The van der Waals surface area contributed by atoms with Crippen molar-refractivity contribution in [3.05, 3.63) is 29.2 Å². The number of carboxylic acid groups (broad SMARTS) is 1. The van der Waals surface area contributed by atoms with E-state index in [0.717, 1.165) is 0 Å². The number of carboxylic acids is 1. The van der Waals surface area contributed by atoms with Crippen LogP contribution >= 0.6 is 11.6 Å². The van der Waals surface area contributed by atoms with Crippen LogP contribution in [0, 0.1) is 0 Å². The molecule has 0 bridgehead atoms. The van der Waals surface area contributed by atoms with E-state index in [1.807, 2.05) is 0 Å². The Kier molecular flexibility index (Phi) is 1.70. The second-order valence-corrected chi connectivity index (χ2v) is 2.86. The number of halogens is 1. The molecule has 0 aromatic carbocycles. The average molecular weight is 198 g/mol. The highest BCUT2D eigenvalue weighted by Gasteiger charge is 2.11. The van der Waals surface area contributed by atoms with Crippen molar-refractivity contribution < 1.29 is 14.3 Å². The quantitative estimate of drug-likeness (QED) is 0.761. The molecule has 0 fully saturated rings. The van der Waals surface area contributed by atoms with E-state index < -0.39 is 5.97 Å². The predicted octanol–water partition coefficient (Wildman–Crippen LogP) is 2.18. The largest absolute Gasteiger partial charge is 0.475 e. The van der Waals surface area contributed by atoms with E-state index >= 15 is 0 Å². The molecule has 0 amide bonds. The number of carbonyl (C=O) groups is 1. The molecule has 2 rings (SSSR count). The van der Waals surface area contributed by atoms with Crippen molar-refractivity contribution >= 4 is 28.5 Å². The van der Waals surface area contributed by atoms with Crippen LogP contribution in [-0.4, -0.2) is 16.1 Å². The van der Waals surface area contributed by atoms with Crippen molar-refractivity contribution in [1.82, 2.24) is 4.98 Å². The van der Waals surface area contributed by atoms with E-state index in [1.54, 1.807) is 0 Å². The Bertz CT molecular complexity index is 477. The van der Waals surface area contributed by atoms with Gasteiger partial charge in [0, 0.05) is 17.6 Å². The number of rotatable bonds is 1. The molecule has 13 heavy (non-hydrogen) atoms. The molecule has 0 atom stereocenters. The van der Waals surface area contributed by atoms with Crippen molar-refractivity contribution in [2.24, 2.45) is 0 Å². The predicted molar refractivity (Wildman–Crippen MR) is 46.0 cm³/mol. The summed E-state index contributed by atoms with van der Waals surface area (Å²) in [6.07, 6.45) is 2.86. The molecule has 0 aliphatic heterocycles. The monoisotopic (exact) mass is 197 g/mol. The van der Waals surface area contributed by atoms with Crippen molar-refractivity contribution in [1.29, 1.82) is 0 Å². The Morgan fingerprint density at radius 2 is 2.31 bits per heavy atom. The van der Waals surface area contributed by atoms with Gasteiger partial charge in [-0.05, 0) is 0 Å². The zero-order valence-corrected chi connectivity index (χ0v) is 7.08. The molecule has 2 heterocycles. The SMILES string of the molecule is O=C(O)c1cc2c(Cl)cncc2o1. The Balaban J connectivity index is 2.75. The number of furan rings is 1. The van der Waals surface area contributed by atoms with Crippen LogP contribution in [0.15, 0.2) is 22.9 Å². The fourth-order valence-electron chi connectivity index (χ4n) is 1.03. The smallest absolute Gasteiger partial charge is 0.371 e. The van der Waals surface area contributed by atoms with Gasteiger partial charge in [-0.2, -0.15) is 0 Å². The highest BCUT2D eigenvalue weighted by molar-refractivity contribution is 6.35. The summed E-state index contributed by atoms with van der Waals surface area (Å²) in [6.45, 7) is 0. The first-order valence-corrected chi connectivity index (χ1v) is 3.82. The number of nitrogens with zero attached hydrogens (tertiary/aromatic N) is 1. The second-order valence-electron chi connectivity index (χ2n) is 2.45. The maximum Gasteiger partial charge on any atom is 0.371 e. The number of hydrogen-bond donors (Lipinski definition) is 1. The summed E-state index contributed by atoms with van der Waals surface area (Å²) in [6, 6.07) is 1.38. The van der Waals surface area contributed by atoms with Crippen LogP contribution < -0.4 is 0 Å². The van der Waals surface area contributed by atoms with Crippen molar-refractivity contribution in [2.75, 3.05) is 0 Å². The van der Waals surface area contributed by atoms with Gasteiger partial charge >= 0.3 is 5.97 Å². The van der Waals surface area contributed by atoms with Gasteiger partial charge < -0.3 is 9.52 Å². The summed E-state index contributed by atoms with van der Waals surface area (Å²) in [7, 11) is 0. The van der Waals surface area contributed by atoms with Crippen LogP contribution in [0.5, 0.6) is 0 Å². The summed E-state index contributed by atoms with van der Waals surface area (Å²) in [5, 5.41) is 9.57. The normalized spacial score (nSPS) is 10.5. The summed E-state index contributed by atoms with van der Waals surface area (Å²) in [4.78, 5) is 14.3. The first-order valence-electron chi connectivity index (χ1n) is 3.45. The highest BCUT2D eigenvalue weighted by Crippen LogP contribution is 2.25. The number of aromatic nitrogens is 1. The molecular weight excluding hydrogens is 194 g/mol. The molecule has 0 radical (unpaired) electrons. The molecule has 1 N–H and O–H groups in total. The lowest BCUT2D eigenvalue weighted by molar-refractivity contribution is 0.0665. The summed E-state index contributed by atoms with van der Waals surface area (Å²) >= 11 is 5.76. The van der Waals surface area contributed by atoms with Gasteiger partial charge in [-0.1, -0.05) is 11.6 Å². The van der Waals surface area contributed by atoms with E-state index in [9.17, 15) is 4.79 Å². The Morgan fingerprint density at radius 1 is 1.54 bits per heavy atom. The third kappa shape index (κ3) is 1.25. The van der Waals surface area contributed by atoms with Crippen LogP contribution in [-0.2, 0) is 0 Å². The van der Waals surface area contributed by atoms with E-state index in [0.29, 0.717) is 16.0 Å². The fraction of sp³-hybridized carbons (Fsp3) is 0. The maximum absolute atomic E-state index is 10.5. The van der Waals surface area contributed by atoms with Gasteiger partial charge in [-0.15, -0.1) is 0 Å². The first kappa shape index (κ1) is 8.07. The Morgan fingerprint density at radius 3 is 2.92 bits per heavy atom. The molecule has 66 valence electrons. The molecule has 0 spiro atoms. The van der Waals surface area contributed by atoms with Crippen molar-refractivity contribution in [3.63, 3.8) is 0 Å². The molecule has 0 aliphatic carbocycles. The molecule has 0 unspecified atom stereocenters. The lowest BCUT2D eigenvalue weighted by Crippen LogP contribution is -1.91. The van der Waals surface area contributed by atoms with Gasteiger partial charge in [0.2, 0.25) is 5.76 Å². The zero-order chi connectivity index (χ0) is 9.42. The minimum atomic E-state index is -1.12. The molecule has 0 aliphatic rings. The van der Waals surface area contributed by atoms with Gasteiger partial charge in [-0.3, -0.25) is 4.98 Å². The number of fused-ring (bicyclic) bond motifs is 1. The third-order valence-corrected chi connectivity index (χ3v) is 1.91. The van der Waals surface area contributed by atoms with E-state index in [1.165, 1.54) is 18.5 Å². The number of pyridine rings is 1. The highest BCUT2D eigenvalue weighted by atomic mass is 35.5. The molecule has 0 saturated carbocycles.